The summed E-state index contributed by atoms with van der Waals surface area (Å²) < 4.78 is 2.44. The molecule has 2 aliphatic rings. The normalized spacial score (nSPS) is 29.7. The quantitative estimate of drug-likeness (QED) is 0.867. The molecule has 1 aromatic rings. The van der Waals surface area contributed by atoms with Crippen molar-refractivity contribution < 1.29 is 0 Å². The van der Waals surface area contributed by atoms with Gasteiger partial charge in [-0.25, -0.2) is 4.98 Å². The first-order chi connectivity index (χ1) is 8.68. The number of hydrogen-bond acceptors (Lipinski definition) is 2. The van der Waals surface area contributed by atoms with Crippen LogP contribution in [0.25, 0.3) is 0 Å². The number of nitrogens with one attached hydrogen (secondary N) is 1. The van der Waals surface area contributed by atoms with Crippen molar-refractivity contribution in [2.24, 2.45) is 5.41 Å². The van der Waals surface area contributed by atoms with Gasteiger partial charge in [0.25, 0.3) is 0 Å². The van der Waals surface area contributed by atoms with Crippen molar-refractivity contribution in [3.63, 3.8) is 0 Å². The summed E-state index contributed by atoms with van der Waals surface area (Å²) in [7, 11) is 0. The average molecular weight is 247 g/mol. The van der Waals surface area contributed by atoms with Crippen LogP contribution < -0.4 is 5.32 Å². The number of imidazole rings is 1. The molecule has 1 aromatic heterocycles. The second-order valence-electron chi connectivity index (χ2n) is 6.64. The molecule has 2 fully saturated rings. The lowest BCUT2D eigenvalue weighted by Crippen LogP contribution is -2.29. The largest absolute Gasteiger partial charge is 0.333 e. The lowest BCUT2D eigenvalue weighted by atomic mass is 9.86. The molecule has 0 radical (unpaired) electrons. The molecule has 1 aliphatic heterocycles. The van der Waals surface area contributed by atoms with Crippen molar-refractivity contribution in [3.05, 3.63) is 18.2 Å². The first-order valence-corrected chi connectivity index (χ1v) is 7.39. The Morgan fingerprint density at radius 2 is 2.22 bits per heavy atom. The third-order valence-corrected chi connectivity index (χ3v) is 4.94. The molecule has 3 rings (SSSR count). The van der Waals surface area contributed by atoms with Crippen molar-refractivity contribution >= 4 is 0 Å². The molecule has 0 amide bonds. The smallest absolute Gasteiger partial charge is 0.0948 e. The van der Waals surface area contributed by atoms with Gasteiger partial charge in [0.2, 0.25) is 0 Å². The van der Waals surface area contributed by atoms with Gasteiger partial charge in [-0.2, -0.15) is 0 Å². The van der Waals surface area contributed by atoms with Crippen LogP contribution in [0.2, 0.25) is 0 Å². The summed E-state index contributed by atoms with van der Waals surface area (Å²) in [6.45, 7) is 8.10. The van der Waals surface area contributed by atoms with E-state index in [-0.39, 0.29) is 0 Å². The summed E-state index contributed by atoms with van der Waals surface area (Å²) in [5.74, 6) is 0. The van der Waals surface area contributed by atoms with Crippen LogP contribution in [-0.4, -0.2) is 22.6 Å². The van der Waals surface area contributed by atoms with Crippen LogP contribution in [0.1, 0.15) is 51.6 Å². The number of rotatable bonds is 5. The minimum Gasteiger partial charge on any atom is -0.333 e. The summed E-state index contributed by atoms with van der Waals surface area (Å²) in [6, 6.07) is 0. The predicted molar refractivity (Wildman–Crippen MR) is 73.6 cm³/mol. The maximum Gasteiger partial charge on any atom is 0.0948 e. The third kappa shape index (κ3) is 2.09. The van der Waals surface area contributed by atoms with E-state index in [4.69, 9.17) is 0 Å². The lowest BCUT2D eigenvalue weighted by molar-refractivity contribution is 0.363. The van der Waals surface area contributed by atoms with E-state index < -0.39 is 0 Å². The molecule has 18 heavy (non-hydrogen) atoms. The van der Waals surface area contributed by atoms with E-state index in [0.717, 1.165) is 13.1 Å². The Bertz CT molecular complexity index is 411. The molecule has 0 bridgehead atoms. The van der Waals surface area contributed by atoms with Gasteiger partial charge in [-0.15, -0.1) is 0 Å². The van der Waals surface area contributed by atoms with Crippen LogP contribution in [0.5, 0.6) is 0 Å². The van der Waals surface area contributed by atoms with Gasteiger partial charge in [0.15, 0.2) is 0 Å². The average Bonchev–Trinajstić information content (AvgIpc) is 2.78. The fourth-order valence-corrected chi connectivity index (χ4v) is 3.54. The van der Waals surface area contributed by atoms with Gasteiger partial charge in [-0.05, 0) is 37.6 Å². The highest BCUT2D eigenvalue weighted by atomic mass is 15.1. The fraction of sp³-hybridized carbons (Fsp3) is 0.800. The number of aromatic nitrogens is 2. The molecule has 1 aliphatic carbocycles. The zero-order valence-corrected chi connectivity index (χ0v) is 11.7. The Morgan fingerprint density at radius 3 is 2.83 bits per heavy atom. The number of nitrogens with zero attached hydrogens (tertiary/aromatic N) is 2. The standard InChI is InChI=1S/C15H25N3/c1-3-4-15(5-6-15)11-18-12-17-9-13(18)14(2)7-8-16-10-14/h9,12,16H,3-8,10-11H2,1-2H3. The van der Waals surface area contributed by atoms with Gasteiger partial charge in [0, 0.05) is 30.4 Å². The topological polar surface area (TPSA) is 29.9 Å². The van der Waals surface area contributed by atoms with Gasteiger partial charge in [0.1, 0.15) is 0 Å². The van der Waals surface area contributed by atoms with Crippen molar-refractivity contribution in [2.75, 3.05) is 13.1 Å². The summed E-state index contributed by atoms with van der Waals surface area (Å²) in [5, 5.41) is 3.49. The van der Waals surface area contributed by atoms with Crippen LogP contribution >= 0.6 is 0 Å². The van der Waals surface area contributed by atoms with Gasteiger partial charge >= 0.3 is 0 Å². The fourth-order valence-electron chi connectivity index (χ4n) is 3.54. The Kier molecular flexibility index (Phi) is 2.97. The van der Waals surface area contributed by atoms with E-state index in [2.05, 4.69) is 41.2 Å². The van der Waals surface area contributed by atoms with Crippen molar-refractivity contribution in [3.8, 4) is 0 Å². The predicted octanol–water partition coefficient (Wildman–Crippen LogP) is 2.71. The number of hydrogen-bond donors (Lipinski definition) is 1. The van der Waals surface area contributed by atoms with E-state index >= 15 is 0 Å². The molecule has 2 heterocycles. The molecule has 0 spiro atoms. The zero-order valence-electron chi connectivity index (χ0n) is 11.7. The molecule has 1 saturated carbocycles. The SMILES string of the molecule is CCCC1(Cn2cncc2C2(C)CCNC2)CC1. The van der Waals surface area contributed by atoms with Gasteiger partial charge in [-0.3, -0.25) is 0 Å². The maximum atomic E-state index is 4.42. The molecule has 3 nitrogen and oxygen atoms in total. The zero-order chi connectivity index (χ0) is 12.6. The summed E-state index contributed by atoms with van der Waals surface area (Å²) in [4.78, 5) is 4.42. The molecule has 3 heteroatoms. The minimum absolute atomic E-state index is 0.290. The monoisotopic (exact) mass is 247 g/mol. The van der Waals surface area contributed by atoms with Crippen LogP contribution in [-0.2, 0) is 12.0 Å². The second-order valence-corrected chi connectivity index (χ2v) is 6.64. The van der Waals surface area contributed by atoms with Gasteiger partial charge in [-0.1, -0.05) is 20.3 Å². The molecule has 1 unspecified atom stereocenters. The Balaban J connectivity index is 1.79. The Hall–Kier alpha value is -0.830. The first-order valence-electron chi connectivity index (χ1n) is 7.39. The highest BCUT2D eigenvalue weighted by molar-refractivity contribution is 5.18. The molecular weight excluding hydrogens is 222 g/mol. The molecular formula is C15H25N3. The highest BCUT2D eigenvalue weighted by Crippen LogP contribution is 2.51. The van der Waals surface area contributed by atoms with Gasteiger partial charge in [0.05, 0.1) is 6.33 Å². The Morgan fingerprint density at radius 1 is 1.39 bits per heavy atom. The maximum absolute atomic E-state index is 4.42. The first kappa shape index (κ1) is 12.2. The summed E-state index contributed by atoms with van der Waals surface area (Å²) in [6.07, 6.45) is 10.9. The third-order valence-electron chi connectivity index (χ3n) is 4.94. The van der Waals surface area contributed by atoms with Crippen molar-refractivity contribution in [2.45, 2.75) is 57.9 Å². The van der Waals surface area contributed by atoms with E-state index in [9.17, 15) is 0 Å². The van der Waals surface area contributed by atoms with E-state index in [1.54, 1.807) is 0 Å². The Labute approximate surface area is 110 Å². The second kappa shape index (κ2) is 4.37. The highest BCUT2D eigenvalue weighted by Gasteiger charge is 2.43. The molecule has 1 atom stereocenters. The lowest BCUT2D eigenvalue weighted by Gasteiger charge is -2.26. The van der Waals surface area contributed by atoms with E-state index in [1.807, 2.05) is 0 Å². The van der Waals surface area contributed by atoms with Crippen LogP contribution in [0.3, 0.4) is 0 Å². The molecule has 100 valence electrons. The van der Waals surface area contributed by atoms with Crippen molar-refractivity contribution in [1.82, 2.24) is 14.9 Å². The molecule has 0 aromatic carbocycles. The van der Waals surface area contributed by atoms with Crippen LogP contribution in [0.4, 0.5) is 0 Å². The van der Waals surface area contributed by atoms with Crippen LogP contribution in [0, 0.1) is 5.41 Å². The summed E-state index contributed by atoms with van der Waals surface area (Å²) >= 11 is 0. The van der Waals surface area contributed by atoms with Crippen LogP contribution in [0.15, 0.2) is 12.5 Å². The van der Waals surface area contributed by atoms with Crippen molar-refractivity contribution in [1.29, 1.82) is 0 Å². The minimum atomic E-state index is 0.290. The summed E-state index contributed by atoms with van der Waals surface area (Å²) in [5.41, 5.74) is 2.33. The van der Waals surface area contributed by atoms with E-state index in [0.29, 0.717) is 10.8 Å². The van der Waals surface area contributed by atoms with E-state index in [1.165, 1.54) is 44.3 Å². The molecule has 1 N–H and O–H groups in total. The van der Waals surface area contributed by atoms with Gasteiger partial charge < -0.3 is 9.88 Å². The molecule has 1 saturated heterocycles.